The zero-order valence-electron chi connectivity index (χ0n) is 11.8. The van der Waals surface area contributed by atoms with E-state index in [4.69, 9.17) is 9.15 Å². The Morgan fingerprint density at radius 1 is 1.47 bits per heavy atom. The van der Waals surface area contributed by atoms with Gasteiger partial charge in [-0.1, -0.05) is 6.42 Å². The number of carbonyl (C=O) groups is 1. The number of hydrazine groups is 1. The van der Waals surface area contributed by atoms with Crippen LogP contribution in [-0.2, 0) is 11.3 Å². The largest absolute Gasteiger partial charge is 0.463 e. The Hall–Kier alpha value is -1.33. The molecule has 2 rings (SSSR count). The highest BCUT2D eigenvalue weighted by Crippen LogP contribution is 2.21. The molecule has 5 heteroatoms. The third kappa shape index (κ3) is 3.16. The molecule has 2 unspecified atom stereocenters. The number of nitrogens with one attached hydrogen (secondary N) is 1. The molecule has 5 nitrogen and oxygen atoms in total. The zero-order valence-corrected chi connectivity index (χ0v) is 11.8. The Labute approximate surface area is 113 Å². The van der Waals surface area contributed by atoms with E-state index in [0.717, 1.165) is 5.56 Å². The molecule has 0 amide bonds. The van der Waals surface area contributed by atoms with E-state index in [1.165, 1.54) is 32.6 Å². The van der Waals surface area contributed by atoms with Gasteiger partial charge in [0.1, 0.15) is 0 Å². The molecule has 0 aliphatic carbocycles. The van der Waals surface area contributed by atoms with Crippen molar-refractivity contribution >= 4 is 5.97 Å². The summed E-state index contributed by atoms with van der Waals surface area (Å²) in [5.74, 6) is -0.145. The summed E-state index contributed by atoms with van der Waals surface area (Å²) in [5, 5.41) is 2.28. The molecule has 1 aromatic heterocycles. The number of esters is 1. The van der Waals surface area contributed by atoms with Gasteiger partial charge in [-0.05, 0) is 32.8 Å². The molecule has 2 heterocycles. The van der Waals surface area contributed by atoms with Crippen LogP contribution in [0.15, 0.2) is 16.7 Å². The van der Waals surface area contributed by atoms with Crippen LogP contribution in [0.25, 0.3) is 0 Å². The van der Waals surface area contributed by atoms with Crippen molar-refractivity contribution < 1.29 is 13.9 Å². The Kier molecular flexibility index (Phi) is 4.61. The first kappa shape index (κ1) is 14.1. The van der Waals surface area contributed by atoms with E-state index in [1.54, 1.807) is 6.07 Å². The molecule has 0 bridgehead atoms. The average Bonchev–Trinajstić information content (AvgIpc) is 2.85. The number of piperidine rings is 1. The van der Waals surface area contributed by atoms with Crippen LogP contribution < -0.4 is 5.43 Å². The van der Waals surface area contributed by atoms with Gasteiger partial charge in [-0.25, -0.2) is 9.80 Å². The molecule has 2 atom stereocenters. The molecule has 0 aromatic carbocycles. The molecule has 1 aromatic rings. The third-order valence-electron chi connectivity index (χ3n) is 3.76. The monoisotopic (exact) mass is 266 g/mol. The topological polar surface area (TPSA) is 54.7 Å². The number of hydrogen-bond acceptors (Lipinski definition) is 5. The second-order valence-electron chi connectivity index (χ2n) is 5.14. The van der Waals surface area contributed by atoms with E-state index < -0.39 is 5.97 Å². The summed E-state index contributed by atoms with van der Waals surface area (Å²) >= 11 is 0. The minimum atomic E-state index is -0.429. The summed E-state index contributed by atoms with van der Waals surface area (Å²) in [6.45, 7) is 5.02. The van der Waals surface area contributed by atoms with Gasteiger partial charge in [0.15, 0.2) is 0 Å². The summed E-state index contributed by atoms with van der Waals surface area (Å²) in [4.78, 5) is 11.5. The first-order chi connectivity index (χ1) is 9.13. The van der Waals surface area contributed by atoms with Gasteiger partial charge in [-0.15, -0.1) is 0 Å². The molecular weight excluding hydrogens is 244 g/mol. The molecule has 1 aliphatic rings. The molecule has 0 saturated carbocycles. The summed E-state index contributed by atoms with van der Waals surface area (Å²) in [7, 11) is 1.36. The van der Waals surface area contributed by atoms with Gasteiger partial charge in [0.2, 0.25) is 5.76 Å². The Balaban J connectivity index is 1.98. The average molecular weight is 266 g/mol. The number of ether oxygens (including phenoxy) is 1. The van der Waals surface area contributed by atoms with Gasteiger partial charge in [0.05, 0.1) is 13.4 Å². The van der Waals surface area contributed by atoms with Crippen LogP contribution in [0.4, 0.5) is 0 Å². The van der Waals surface area contributed by atoms with Gasteiger partial charge >= 0.3 is 5.97 Å². The van der Waals surface area contributed by atoms with Crippen LogP contribution in [0, 0.1) is 0 Å². The highest BCUT2D eigenvalue weighted by Gasteiger charge is 2.25. The normalized spacial score (nSPS) is 24.4. The summed E-state index contributed by atoms with van der Waals surface area (Å²) in [6, 6.07) is 2.83. The van der Waals surface area contributed by atoms with Crippen molar-refractivity contribution in [1.82, 2.24) is 10.4 Å². The number of furan rings is 1. The van der Waals surface area contributed by atoms with E-state index in [-0.39, 0.29) is 5.76 Å². The quantitative estimate of drug-likeness (QED) is 0.848. The predicted octanol–water partition coefficient (Wildman–Crippen LogP) is 2.33. The van der Waals surface area contributed by atoms with Crippen LogP contribution in [0.2, 0.25) is 0 Å². The lowest BCUT2D eigenvalue weighted by molar-refractivity contribution is 0.0426. The van der Waals surface area contributed by atoms with Crippen molar-refractivity contribution in [3.8, 4) is 0 Å². The maximum atomic E-state index is 11.5. The molecular formula is C14H22N2O3. The highest BCUT2D eigenvalue weighted by molar-refractivity contribution is 5.87. The minimum Gasteiger partial charge on any atom is -0.463 e. The van der Waals surface area contributed by atoms with E-state index in [1.807, 2.05) is 0 Å². The number of rotatable bonds is 4. The van der Waals surface area contributed by atoms with Crippen LogP contribution in [-0.4, -0.2) is 30.2 Å². The smallest absolute Gasteiger partial charge is 0.374 e. The Morgan fingerprint density at radius 3 is 2.79 bits per heavy atom. The minimum absolute atomic E-state index is 0.285. The fraction of sp³-hybridized carbons (Fsp3) is 0.643. The lowest BCUT2D eigenvalue weighted by Crippen LogP contribution is -2.51. The van der Waals surface area contributed by atoms with Crippen molar-refractivity contribution in [2.75, 3.05) is 7.11 Å². The zero-order chi connectivity index (χ0) is 13.8. The first-order valence-electron chi connectivity index (χ1n) is 6.80. The van der Waals surface area contributed by atoms with Crippen LogP contribution in [0.1, 0.15) is 49.2 Å². The van der Waals surface area contributed by atoms with Gasteiger partial charge in [0.25, 0.3) is 0 Å². The second kappa shape index (κ2) is 6.21. The lowest BCUT2D eigenvalue weighted by Gasteiger charge is -2.39. The maximum Gasteiger partial charge on any atom is 0.374 e. The molecule has 19 heavy (non-hydrogen) atoms. The lowest BCUT2D eigenvalue weighted by atomic mass is 10.00. The molecule has 1 aliphatic heterocycles. The molecule has 1 fully saturated rings. The Morgan fingerprint density at radius 2 is 2.16 bits per heavy atom. The first-order valence-corrected chi connectivity index (χ1v) is 6.80. The van der Waals surface area contributed by atoms with Gasteiger partial charge < -0.3 is 9.15 Å². The van der Waals surface area contributed by atoms with Crippen molar-refractivity contribution in [2.45, 2.75) is 51.7 Å². The van der Waals surface area contributed by atoms with Crippen LogP contribution in [0.5, 0.6) is 0 Å². The van der Waals surface area contributed by atoms with E-state index in [9.17, 15) is 4.79 Å². The fourth-order valence-corrected chi connectivity index (χ4v) is 2.66. The number of methoxy groups -OCH3 is 1. The van der Waals surface area contributed by atoms with Crippen LogP contribution >= 0.6 is 0 Å². The number of hydrogen-bond donors (Lipinski definition) is 1. The molecule has 1 saturated heterocycles. The summed E-state index contributed by atoms with van der Waals surface area (Å²) in [5.41, 5.74) is 4.24. The summed E-state index contributed by atoms with van der Waals surface area (Å²) in [6.07, 6.45) is 5.20. The van der Waals surface area contributed by atoms with Gasteiger partial charge in [-0.2, -0.15) is 0 Å². The molecule has 1 N–H and O–H groups in total. The highest BCUT2D eigenvalue weighted by atomic mass is 16.5. The molecule has 0 spiro atoms. The van der Waals surface area contributed by atoms with E-state index >= 15 is 0 Å². The third-order valence-corrected chi connectivity index (χ3v) is 3.76. The summed E-state index contributed by atoms with van der Waals surface area (Å²) < 4.78 is 9.87. The maximum absolute atomic E-state index is 11.5. The number of carbonyl (C=O) groups excluding carboxylic acids is 1. The Bertz CT molecular complexity index is 420. The van der Waals surface area contributed by atoms with Crippen molar-refractivity contribution in [2.24, 2.45) is 0 Å². The van der Waals surface area contributed by atoms with Crippen LogP contribution in [0.3, 0.4) is 0 Å². The van der Waals surface area contributed by atoms with Gasteiger partial charge in [0, 0.05) is 24.2 Å². The van der Waals surface area contributed by atoms with Crippen molar-refractivity contribution in [1.29, 1.82) is 0 Å². The standard InChI is InChI=1S/C14H22N2O3/c1-10-5-4-6-11(2)16(10)15-9-12-7-8-19-13(12)14(17)18-3/h7-8,10-11,15H,4-6,9H2,1-3H3. The van der Waals surface area contributed by atoms with E-state index in [2.05, 4.69) is 24.3 Å². The van der Waals surface area contributed by atoms with E-state index in [0.29, 0.717) is 18.6 Å². The predicted molar refractivity (Wildman–Crippen MR) is 71.5 cm³/mol. The van der Waals surface area contributed by atoms with Crippen molar-refractivity contribution in [3.63, 3.8) is 0 Å². The SMILES string of the molecule is COC(=O)c1occc1CNN1C(C)CCCC1C. The second-order valence-corrected chi connectivity index (χ2v) is 5.14. The number of nitrogens with zero attached hydrogens (tertiary/aromatic N) is 1. The van der Waals surface area contributed by atoms with Gasteiger partial charge in [-0.3, -0.25) is 5.43 Å². The molecule has 0 radical (unpaired) electrons. The molecule has 106 valence electrons. The van der Waals surface area contributed by atoms with Crippen molar-refractivity contribution in [3.05, 3.63) is 23.7 Å². The fourth-order valence-electron chi connectivity index (χ4n) is 2.66.